The molecule has 24 heavy (non-hydrogen) atoms. The Balaban J connectivity index is 1.60. The van der Waals surface area contributed by atoms with E-state index in [-0.39, 0.29) is 24.5 Å². The molecule has 7 nitrogen and oxygen atoms in total. The molecule has 0 unspecified atom stereocenters. The van der Waals surface area contributed by atoms with Gasteiger partial charge in [0.05, 0.1) is 18.4 Å². The smallest absolute Gasteiger partial charge is 0.317 e. The lowest BCUT2D eigenvalue weighted by Gasteiger charge is -2.17. The van der Waals surface area contributed by atoms with E-state index in [9.17, 15) is 9.90 Å². The van der Waals surface area contributed by atoms with Crippen LogP contribution in [0.15, 0.2) is 30.7 Å². The third-order valence-corrected chi connectivity index (χ3v) is 4.51. The number of hydrogen-bond acceptors (Lipinski definition) is 4. The number of carbonyl (C=O) groups excluding carboxylic acids is 1. The average Bonchev–Trinajstić information content (AvgIpc) is 3.20. The summed E-state index contributed by atoms with van der Waals surface area (Å²) in [5.74, 6) is 0.157. The Morgan fingerprint density at radius 1 is 1.38 bits per heavy atom. The number of nitrogens with one attached hydrogen (secondary N) is 1. The van der Waals surface area contributed by atoms with Gasteiger partial charge in [0.2, 0.25) is 0 Å². The van der Waals surface area contributed by atoms with Gasteiger partial charge in [-0.05, 0) is 24.1 Å². The summed E-state index contributed by atoms with van der Waals surface area (Å²) in [6.45, 7) is 3.57. The number of urea groups is 1. The molecule has 2 amide bonds. The van der Waals surface area contributed by atoms with Crippen LogP contribution in [0, 0.1) is 12.8 Å². The molecular formula is C17H23N5O2. The minimum atomic E-state index is -0.123. The molecule has 0 bridgehead atoms. The highest BCUT2D eigenvalue weighted by Crippen LogP contribution is 2.32. The van der Waals surface area contributed by atoms with E-state index in [1.165, 1.54) is 0 Å². The minimum Gasteiger partial charge on any atom is -0.396 e. The lowest BCUT2D eigenvalue weighted by Crippen LogP contribution is -2.38. The largest absolute Gasteiger partial charge is 0.396 e. The van der Waals surface area contributed by atoms with Crippen LogP contribution in [0.3, 0.4) is 0 Å². The second kappa shape index (κ2) is 7.00. The van der Waals surface area contributed by atoms with E-state index in [2.05, 4.69) is 15.4 Å². The van der Waals surface area contributed by atoms with Crippen molar-refractivity contribution in [2.75, 3.05) is 19.7 Å². The molecule has 0 spiro atoms. The topological polar surface area (TPSA) is 83.3 Å². The van der Waals surface area contributed by atoms with Crippen molar-refractivity contribution in [3.8, 4) is 0 Å². The number of aliphatic hydroxyl groups excluding tert-OH is 1. The standard InChI is InChI=1S/C17H23N5O2/c1-12-3-4-15(18-5-12)7-19-17(24)22-9-14(11-23)16(10-22)13-6-20-21(2)8-13/h3-6,8,14,16,23H,7,9-11H2,1-2H3,(H,19,24)/t14-,16-/m0/s1. The molecular weight excluding hydrogens is 306 g/mol. The van der Waals surface area contributed by atoms with Crippen molar-refractivity contribution in [3.05, 3.63) is 47.5 Å². The first-order chi connectivity index (χ1) is 11.6. The van der Waals surface area contributed by atoms with Gasteiger partial charge in [0.25, 0.3) is 0 Å². The quantitative estimate of drug-likeness (QED) is 0.878. The molecule has 0 radical (unpaired) electrons. The Hall–Kier alpha value is -2.41. The molecule has 0 aromatic carbocycles. The Kier molecular flexibility index (Phi) is 4.80. The molecule has 1 aliphatic rings. The third kappa shape index (κ3) is 3.56. The molecule has 0 saturated carbocycles. The number of aliphatic hydroxyl groups is 1. The number of aryl methyl sites for hydroxylation is 2. The summed E-state index contributed by atoms with van der Waals surface area (Å²) in [5, 5.41) is 16.7. The normalized spacial score (nSPS) is 20.4. The van der Waals surface area contributed by atoms with Gasteiger partial charge < -0.3 is 15.3 Å². The highest BCUT2D eigenvalue weighted by molar-refractivity contribution is 5.74. The van der Waals surface area contributed by atoms with Crippen LogP contribution in [0.2, 0.25) is 0 Å². The van der Waals surface area contributed by atoms with Gasteiger partial charge >= 0.3 is 6.03 Å². The van der Waals surface area contributed by atoms with Crippen LogP contribution >= 0.6 is 0 Å². The van der Waals surface area contributed by atoms with Gasteiger partial charge in [-0.25, -0.2) is 4.79 Å². The average molecular weight is 329 g/mol. The van der Waals surface area contributed by atoms with Gasteiger partial charge in [0, 0.05) is 51.0 Å². The molecule has 2 N–H and O–H groups in total. The fraction of sp³-hybridized carbons (Fsp3) is 0.471. The number of rotatable bonds is 4. The zero-order valence-corrected chi connectivity index (χ0v) is 14.0. The summed E-state index contributed by atoms with van der Waals surface area (Å²) in [6, 6.07) is 3.77. The van der Waals surface area contributed by atoms with Crippen molar-refractivity contribution in [3.63, 3.8) is 0 Å². The SMILES string of the molecule is Cc1ccc(CNC(=O)N2C[C@@H](CO)[C@H](c3cnn(C)c3)C2)nc1. The highest BCUT2D eigenvalue weighted by Gasteiger charge is 2.36. The van der Waals surface area contributed by atoms with Crippen LogP contribution < -0.4 is 5.32 Å². The van der Waals surface area contributed by atoms with Crippen LogP contribution in [-0.4, -0.2) is 50.5 Å². The van der Waals surface area contributed by atoms with E-state index in [1.807, 2.05) is 38.5 Å². The van der Waals surface area contributed by atoms with Crippen LogP contribution in [0.5, 0.6) is 0 Å². The Labute approximate surface area is 141 Å². The number of aromatic nitrogens is 3. The van der Waals surface area contributed by atoms with Crippen molar-refractivity contribution in [2.45, 2.75) is 19.4 Å². The van der Waals surface area contributed by atoms with Gasteiger partial charge in [-0.15, -0.1) is 0 Å². The maximum Gasteiger partial charge on any atom is 0.317 e. The van der Waals surface area contributed by atoms with Crippen LogP contribution in [0.25, 0.3) is 0 Å². The first kappa shape index (κ1) is 16.4. The predicted octanol–water partition coefficient (Wildman–Crippen LogP) is 1.04. The second-order valence-electron chi connectivity index (χ2n) is 6.39. The van der Waals surface area contributed by atoms with E-state index in [0.717, 1.165) is 16.8 Å². The lowest BCUT2D eigenvalue weighted by molar-refractivity contribution is 0.197. The molecule has 7 heteroatoms. The van der Waals surface area contributed by atoms with Crippen molar-refractivity contribution >= 4 is 6.03 Å². The maximum atomic E-state index is 12.4. The maximum absolute atomic E-state index is 12.4. The zero-order valence-electron chi connectivity index (χ0n) is 14.0. The number of pyridine rings is 1. The summed E-state index contributed by atoms with van der Waals surface area (Å²) in [4.78, 5) is 18.5. The summed E-state index contributed by atoms with van der Waals surface area (Å²) in [7, 11) is 1.87. The van der Waals surface area contributed by atoms with E-state index in [0.29, 0.717) is 19.6 Å². The molecule has 0 aliphatic carbocycles. The second-order valence-corrected chi connectivity index (χ2v) is 6.39. The number of hydrogen-bond donors (Lipinski definition) is 2. The fourth-order valence-electron chi connectivity index (χ4n) is 3.11. The molecule has 3 rings (SSSR count). The van der Waals surface area contributed by atoms with Crippen molar-refractivity contribution in [1.82, 2.24) is 25.0 Å². The number of carbonyl (C=O) groups is 1. The van der Waals surface area contributed by atoms with Gasteiger partial charge in [-0.2, -0.15) is 5.10 Å². The predicted molar refractivity (Wildman–Crippen MR) is 89.3 cm³/mol. The van der Waals surface area contributed by atoms with Gasteiger partial charge in [0.15, 0.2) is 0 Å². The molecule has 1 saturated heterocycles. The van der Waals surface area contributed by atoms with Crippen LogP contribution in [0.4, 0.5) is 4.79 Å². The molecule has 2 aromatic rings. The molecule has 3 heterocycles. The molecule has 1 aliphatic heterocycles. The molecule has 1 fully saturated rings. The number of likely N-dealkylation sites (tertiary alicyclic amines) is 1. The summed E-state index contributed by atoms with van der Waals surface area (Å²) in [5.41, 5.74) is 2.98. The number of nitrogens with zero attached hydrogens (tertiary/aromatic N) is 4. The zero-order chi connectivity index (χ0) is 17.1. The first-order valence-corrected chi connectivity index (χ1v) is 8.10. The third-order valence-electron chi connectivity index (χ3n) is 4.51. The first-order valence-electron chi connectivity index (χ1n) is 8.10. The van der Waals surface area contributed by atoms with Gasteiger partial charge in [-0.3, -0.25) is 9.67 Å². The van der Waals surface area contributed by atoms with E-state index in [4.69, 9.17) is 0 Å². The van der Waals surface area contributed by atoms with Gasteiger partial charge in [-0.1, -0.05) is 6.07 Å². The summed E-state index contributed by atoms with van der Waals surface area (Å²) in [6.07, 6.45) is 5.55. The van der Waals surface area contributed by atoms with Gasteiger partial charge in [0.1, 0.15) is 0 Å². The lowest BCUT2D eigenvalue weighted by atomic mass is 9.92. The highest BCUT2D eigenvalue weighted by atomic mass is 16.3. The Bertz CT molecular complexity index is 697. The monoisotopic (exact) mass is 329 g/mol. The molecule has 2 aromatic heterocycles. The minimum absolute atomic E-state index is 0.0393. The van der Waals surface area contributed by atoms with Crippen LogP contribution in [-0.2, 0) is 13.6 Å². The van der Waals surface area contributed by atoms with Crippen molar-refractivity contribution in [1.29, 1.82) is 0 Å². The Morgan fingerprint density at radius 3 is 2.83 bits per heavy atom. The molecule has 2 atom stereocenters. The Morgan fingerprint density at radius 2 is 2.21 bits per heavy atom. The van der Waals surface area contributed by atoms with Crippen molar-refractivity contribution < 1.29 is 9.90 Å². The van der Waals surface area contributed by atoms with Crippen LogP contribution in [0.1, 0.15) is 22.7 Å². The summed E-state index contributed by atoms with van der Waals surface area (Å²) >= 11 is 0. The molecule has 128 valence electrons. The van der Waals surface area contributed by atoms with E-state index >= 15 is 0 Å². The van der Waals surface area contributed by atoms with Crippen molar-refractivity contribution in [2.24, 2.45) is 13.0 Å². The summed E-state index contributed by atoms with van der Waals surface area (Å²) < 4.78 is 1.75. The fourth-order valence-corrected chi connectivity index (χ4v) is 3.11. The number of amides is 2. The van der Waals surface area contributed by atoms with E-state index in [1.54, 1.807) is 15.8 Å². The van der Waals surface area contributed by atoms with E-state index < -0.39 is 0 Å².